The lowest BCUT2D eigenvalue weighted by Crippen LogP contribution is -2.13. The molecule has 0 spiro atoms. The van der Waals surface area contributed by atoms with Crippen molar-refractivity contribution in [2.24, 2.45) is 0 Å². The van der Waals surface area contributed by atoms with Crippen LogP contribution in [0.3, 0.4) is 0 Å². The molecule has 0 fully saturated rings. The molecule has 0 saturated heterocycles. The summed E-state index contributed by atoms with van der Waals surface area (Å²) in [5.74, 6) is -0.141. The molecular formula is C10H13NO3P+. The third kappa shape index (κ3) is 5.25. The Morgan fingerprint density at radius 2 is 2.07 bits per heavy atom. The maximum Gasteiger partial charge on any atom is 0.504 e. The van der Waals surface area contributed by atoms with E-state index in [9.17, 15) is 9.36 Å². The standard InChI is InChI=1S/C10H12NO3P/c1-15(13)14-8-7-10(12)11-9-5-3-2-4-6-9/h2-6H,7-8H2,1H3/p+1. The second-order valence-electron chi connectivity index (χ2n) is 2.94. The second kappa shape index (κ2) is 6.27. The first-order valence-corrected chi connectivity index (χ1v) is 6.19. The maximum absolute atomic E-state index is 11.3. The van der Waals surface area contributed by atoms with Crippen LogP contribution in [0.25, 0.3) is 0 Å². The Hall–Kier alpha value is -1.25. The van der Waals surface area contributed by atoms with Gasteiger partial charge < -0.3 is 5.32 Å². The lowest BCUT2D eigenvalue weighted by Gasteiger charge is -2.02. The average molecular weight is 226 g/mol. The third-order valence-corrected chi connectivity index (χ3v) is 2.21. The van der Waals surface area contributed by atoms with E-state index < -0.39 is 8.03 Å². The lowest BCUT2D eigenvalue weighted by atomic mass is 10.3. The molecule has 1 rings (SSSR count). The normalized spacial score (nSPS) is 10.9. The number of amides is 1. The first-order chi connectivity index (χ1) is 7.18. The van der Waals surface area contributed by atoms with Gasteiger partial charge in [-0.3, -0.25) is 4.79 Å². The van der Waals surface area contributed by atoms with Gasteiger partial charge in [0.1, 0.15) is 6.61 Å². The number of rotatable bonds is 5. The number of anilines is 1. The highest BCUT2D eigenvalue weighted by atomic mass is 31.1. The van der Waals surface area contributed by atoms with Gasteiger partial charge in [-0.1, -0.05) is 18.2 Å². The van der Waals surface area contributed by atoms with Crippen molar-refractivity contribution in [1.29, 1.82) is 0 Å². The summed E-state index contributed by atoms with van der Waals surface area (Å²) >= 11 is 0. The molecule has 4 nitrogen and oxygen atoms in total. The highest BCUT2D eigenvalue weighted by molar-refractivity contribution is 7.38. The van der Waals surface area contributed by atoms with Crippen molar-refractivity contribution in [3.63, 3.8) is 0 Å². The Balaban J connectivity index is 2.28. The highest BCUT2D eigenvalue weighted by Gasteiger charge is 2.09. The lowest BCUT2D eigenvalue weighted by molar-refractivity contribution is -0.116. The summed E-state index contributed by atoms with van der Waals surface area (Å²) in [7, 11) is -1.62. The van der Waals surface area contributed by atoms with Crippen molar-refractivity contribution in [3.05, 3.63) is 30.3 Å². The monoisotopic (exact) mass is 226 g/mol. The van der Waals surface area contributed by atoms with Gasteiger partial charge in [-0.15, -0.1) is 4.52 Å². The minimum atomic E-state index is -1.62. The largest absolute Gasteiger partial charge is 0.504 e. The fourth-order valence-corrected chi connectivity index (χ4v) is 1.36. The molecule has 1 atom stereocenters. The molecule has 15 heavy (non-hydrogen) atoms. The van der Waals surface area contributed by atoms with Gasteiger partial charge in [0, 0.05) is 5.69 Å². The minimum absolute atomic E-state index is 0.141. The van der Waals surface area contributed by atoms with Crippen LogP contribution in [0.1, 0.15) is 6.42 Å². The van der Waals surface area contributed by atoms with E-state index in [1.54, 1.807) is 12.1 Å². The van der Waals surface area contributed by atoms with Crippen molar-refractivity contribution in [3.8, 4) is 0 Å². The molecule has 5 heteroatoms. The van der Waals surface area contributed by atoms with Gasteiger partial charge in [0.25, 0.3) is 0 Å². The molecule has 80 valence electrons. The summed E-state index contributed by atoms with van der Waals surface area (Å²) in [5, 5.41) is 2.70. The molecular weight excluding hydrogens is 213 g/mol. The fraction of sp³-hybridized carbons (Fsp3) is 0.300. The maximum atomic E-state index is 11.3. The smallest absolute Gasteiger partial charge is 0.326 e. The van der Waals surface area contributed by atoms with Crippen LogP contribution in [0, 0.1) is 0 Å². The van der Waals surface area contributed by atoms with Crippen molar-refractivity contribution < 1.29 is 13.9 Å². The average Bonchev–Trinajstić information content (AvgIpc) is 2.18. The van der Waals surface area contributed by atoms with Crippen LogP contribution in [0.2, 0.25) is 0 Å². The number of nitrogens with one attached hydrogen (secondary N) is 1. The Kier molecular flexibility index (Phi) is 4.95. The summed E-state index contributed by atoms with van der Waals surface area (Å²) in [4.78, 5) is 11.3. The van der Waals surface area contributed by atoms with Gasteiger partial charge in [-0.25, -0.2) is 0 Å². The summed E-state index contributed by atoms with van der Waals surface area (Å²) in [6.45, 7) is 1.65. The van der Waals surface area contributed by atoms with E-state index in [-0.39, 0.29) is 18.9 Å². The Morgan fingerprint density at radius 3 is 2.67 bits per heavy atom. The van der Waals surface area contributed by atoms with Gasteiger partial charge in [-0.05, 0) is 16.7 Å². The van der Waals surface area contributed by atoms with Crippen LogP contribution >= 0.6 is 8.03 Å². The summed E-state index contributed by atoms with van der Waals surface area (Å²) < 4.78 is 15.4. The SMILES string of the molecule is C[P+](=O)OCCC(=O)Nc1ccccc1. The van der Waals surface area contributed by atoms with Gasteiger partial charge in [0.05, 0.1) is 6.42 Å². The summed E-state index contributed by atoms with van der Waals surface area (Å²) in [6, 6.07) is 9.17. The summed E-state index contributed by atoms with van der Waals surface area (Å²) in [5.41, 5.74) is 0.753. The predicted molar refractivity (Wildman–Crippen MR) is 59.2 cm³/mol. The molecule has 1 unspecified atom stereocenters. The quantitative estimate of drug-likeness (QED) is 0.784. The molecule has 0 aromatic heterocycles. The Morgan fingerprint density at radius 1 is 1.40 bits per heavy atom. The number of carbonyl (C=O) groups excluding carboxylic acids is 1. The van der Waals surface area contributed by atoms with E-state index in [2.05, 4.69) is 5.32 Å². The van der Waals surface area contributed by atoms with Crippen LogP contribution in [-0.4, -0.2) is 19.2 Å². The molecule has 0 aliphatic heterocycles. The van der Waals surface area contributed by atoms with E-state index >= 15 is 0 Å². The van der Waals surface area contributed by atoms with E-state index in [1.165, 1.54) is 6.66 Å². The second-order valence-corrected chi connectivity index (χ2v) is 4.07. The molecule has 1 amide bonds. The molecule has 0 aliphatic carbocycles. The zero-order chi connectivity index (χ0) is 11.1. The first kappa shape index (κ1) is 11.8. The summed E-state index contributed by atoms with van der Waals surface area (Å²) in [6.07, 6.45) is 0.212. The molecule has 0 saturated carbocycles. The van der Waals surface area contributed by atoms with Crippen LogP contribution in [0.5, 0.6) is 0 Å². The molecule has 1 aromatic carbocycles. The minimum Gasteiger partial charge on any atom is -0.326 e. The van der Waals surface area contributed by atoms with E-state index in [0.29, 0.717) is 0 Å². The van der Waals surface area contributed by atoms with Crippen molar-refractivity contribution in [2.75, 3.05) is 18.6 Å². The number of hydrogen-bond donors (Lipinski definition) is 1. The van der Waals surface area contributed by atoms with Crippen LogP contribution in [-0.2, 0) is 13.9 Å². The molecule has 1 aromatic rings. The molecule has 0 heterocycles. The molecule has 0 bridgehead atoms. The zero-order valence-electron chi connectivity index (χ0n) is 8.47. The number of benzene rings is 1. The molecule has 0 radical (unpaired) electrons. The third-order valence-electron chi connectivity index (χ3n) is 1.66. The number of carbonyl (C=O) groups is 1. The van der Waals surface area contributed by atoms with Crippen LogP contribution < -0.4 is 5.32 Å². The van der Waals surface area contributed by atoms with E-state index in [4.69, 9.17) is 4.52 Å². The fourth-order valence-electron chi connectivity index (χ4n) is 1.01. The van der Waals surface area contributed by atoms with Crippen molar-refractivity contribution in [2.45, 2.75) is 6.42 Å². The molecule has 1 N–H and O–H groups in total. The van der Waals surface area contributed by atoms with E-state index in [0.717, 1.165) is 5.69 Å². The zero-order valence-corrected chi connectivity index (χ0v) is 9.37. The van der Waals surface area contributed by atoms with E-state index in [1.807, 2.05) is 18.2 Å². The molecule has 0 aliphatic rings. The van der Waals surface area contributed by atoms with Crippen molar-refractivity contribution >= 4 is 19.6 Å². The van der Waals surface area contributed by atoms with Gasteiger partial charge >= 0.3 is 8.03 Å². The Bertz CT molecular complexity index is 340. The predicted octanol–water partition coefficient (Wildman–Crippen LogP) is 2.40. The van der Waals surface area contributed by atoms with Gasteiger partial charge in [0.2, 0.25) is 5.91 Å². The van der Waals surface area contributed by atoms with Gasteiger partial charge in [-0.2, -0.15) is 0 Å². The van der Waals surface area contributed by atoms with Crippen LogP contribution in [0.4, 0.5) is 5.69 Å². The first-order valence-electron chi connectivity index (χ1n) is 4.57. The highest BCUT2D eigenvalue weighted by Crippen LogP contribution is 2.15. The van der Waals surface area contributed by atoms with Gasteiger partial charge in [0.15, 0.2) is 6.66 Å². The number of hydrogen-bond acceptors (Lipinski definition) is 3. The number of para-hydroxylation sites is 1. The van der Waals surface area contributed by atoms with Crippen LogP contribution in [0.15, 0.2) is 30.3 Å². The topological polar surface area (TPSA) is 55.4 Å². The van der Waals surface area contributed by atoms with Crippen molar-refractivity contribution in [1.82, 2.24) is 0 Å². The Labute approximate surface area is 89.5 Å².